The van der Waals surface area contributed by atoms with Crippen molar-refractivity contribution < 1.29 is 18.0 Å². The van der Waals surface area contributed by atoms with Gasteiger partial charge in [0, 0.05) is 30.3 Å². The van der Waals surface area contributed by atoms with E-state index in [-0.39, 0.29) is 29.7 Å². The molecule has 2 amide bonds. The van der Waals surface area contributed by atoms with Crippen LogP contribution < -0.4 is 5.32 Å². The van der Waals surface area contributed by atoms with Gasteiger partial charge in [-0.25, -0.2) is 13.4 Å². The number of amides is 2. The zero-order valence-electron chi connectivity index (χ0n) is 19.7. The highest BCUT2D eigenvalue weighted by Gasteiger charge is 2.28. The van der Waals surface area contributed by atoms with Gasteiger partial charge in [0.05, 0.1) is 28.3 Å². The van der Waals surface area contributed by atoms with Crippen LogP contribution >= 0.6 is 22.7 Å². The summed E-state index contributed by atoms with van der Waals surface area (Å²) < 4.78 is 26.2. The van der Waals surface area contributed by atoms with Gasteiger partial charge in [0.25, 0.3) is 0 Å². The molecule has 0 radical (unpaired) electrons. The second kappa shape index (κ2) is 10.1. The van der Waals surface area contributed by atoms with E-state index >= 15 is 0 Å². The lowest BCUT2D eigenvalue weighted by Gasteiger charge is -2.26. The molecule has 36 heavy (non-hydrogen) atoms. The third kappa shape index (κ3) is 5.35. The summed E-state index contributed by atoms with van der Waals surface area (Å²) in [4.78, 5) is 32.5. The predicted molar refractivity (Wildman–Crippen MR) is 145 cm³/mol. The SMILES string of the molecule is CC(=O)N1CCc2c(sc(NC(=O)CCS(=O)(=O)Cc3ccccc3)c2-c2nc3ccccc3s2)C1. The number of benzene rings is 2. The summed E-state index contributed by atoms with van der Waals surface area (Å²) in [6.07, 6.45) is 0.550. The molecule has 0 saturated carbocycles. The van der Waals surface area contributed by atoms with Gasteiger partial charge in [-0.3, -0.25) is 9.59 Å². The van der Waals surface area contributed by atoms with Crippen molar-refractivity contribution in [1.29, 1.82) is 0 Å². The number of fused-ring (bicyclic) bond motifs is 2. The fourth-order valence-corrected chi connectivity index (χ4v) is 8.03. The standard InChI is InChI=1S/C26H25N3O4S3/c1-17(30)29-13-11-19-22(15-29)35-26(24(19)25-27-20-9-5-6-10-21(20)34-25)28-23(31)12-14-36(32,33)16-18-7-3-2-4-8-18/h2-10H,11-16H2,1H3,(H,28,31). The number of aromatic nitrogens is 1. The lowest BCUT2D eigenvalue weighted by atomic mass is 10.0. The molecule has 0 atom stereocenters. The normalized spacial score (nSPS) is 13.5. The molecule has 0 bridgehead atoms. The number of hydrogen-bond acceptors (Lipinski definition) is 7. The molecule has 1 N–H and O–H groups in total. The Labute approximate surface area is 217 Å². The Bertz CT molecular complexity index is 1510. The Balaban J connectivity index is 1.39. The molecule has 7 nitrogen and oxygen atoms in total. The van der Waals surface area contributed by atoms with Gasteiger partial charge in [0.2, 0.25) is 11.8 Å². The molecule has 10 heteroatoms. The molecule has 2 aromatic heterocycles. The number of thiazole rings is 1. The Morgan fingerprint density at radius 3 is 2.56 bits per heavy atom. The molecule has 0 spiro atoms. The molecule has 3 heterocycles. The lowest BCUT2D eigenvalue weighted by Crippen LogP contribution is -2.33. The number of rotatable bonds is 7. The van der Waals surface area contributed by atoms with Crippen LogP contribution in [0.4, 0.5) is 5.00 Å². The second-order valence-corrected chi connectivity index (χ2v) is 13.1. The van der Waals surface area contributed by atoms with E-state index in [1.807, 2.05) is 30.3 Å². The van der Waals surface area contributed by atoms with Crippen LogP contribution in [0.15, 0.2) is 54.6 Å². The lowest BCUT2D eigenvalue weighted by molar-refractivity contribution is -0.129. The number of nitrogens with one attached hydrogen (secondary N) is 1. The minimum atomic E-state index is -3.43. The first-order valence-electron chi connectivity index (χ1n) is 11.6. The Morgan fingerprint density at radius 2 is 1.81 bits per heavy atom. The molecule has 0 fully saturated rings. The van der Waals surface area contributed by atoms with Crippen molar-refractivity contribution in [2.45, 2.75) is 32.1 Å². The quantitative estimate of drug-likeness (QED) is 0.361. The Kier molecular flexibility index (Phi) is 6.92. The van der Waals surface area contributed by atoms with Gasteiger partial charge in [0.15, 0.2) is 9.84 Å². The molecule has 186 valence electrons. The summed E-state index contributed by atoms with van der Waals surface area (Å²) in [5.74, 6) is -0.652. The molecule has 0 saturated heterocycles. The highest BCUT2D eigenvalue weighted by molar-refractivity contribution is 7.90. The van der Waals surface area contributed by atoms with E-state index in [9.17, 15) is 18.0 Å². The van der Waals surface area contributed by atoms with Crippen LogP contribution in [0, 0.1) is 0 Å². The van der Waals surface area contributed by atoms with Crippen molar-refractivity contribution >= 4 is 59.5 Å². The first kappa shape index (κ1) is 24.6. The van der Waals surface area contributed by atoms with Crippen molar-refractivity contribution in [3.63, 3.8) is 0 Å². The summed E-state index contributed by atoms with van der Waals surface area (Å²) in [5.41, 5.74) is 3.59. The molecule has 1 aliphatic rings. The zero-order valence-corrected chi connectivity index (χ0v) is 22.1. The van der Waals surface area contributed by atoms with Crippen molar-refractivity contribution in [2.24, 2.45) is 0 Å². The Hall–Kier alpha value is -3.08. The summed E-state index contributed by atoms with van der Waals surface area (Å²) in [7, 11) is -3.43. The van der Waals surface area contributed by atoms with E-state index in [0.717, 1.165) is 31.2 Å². The second-order valence-electron chi connectivity index (χ2n) is 8.76. The number of carbonyl (C=O) groups excluding carboxylic acids is 2. The molecular formula is C26H25N3O4S3. The average molecular weight is 540 g/mol. The van der Waals surface area contributed by atoms with E-state index in [1.165, 1.54) is 11.3 Å². The van der Waals surface area contributed by atoms with Crippen molar-refractivity contribution in [3.8, 4) is 10.6 Å². The third-order valence-electron chi connectivity index (χ3n) is 6.13. The van der Waals surface area contributed by atoms with Crippen LogP contribution in [0.1, 0.15) is 29.3 Å². The van der Waals surface area contributed by atoms with Crippen molar-refractivity contribution in [3.05, 3.63) is 70.6 Å². The van der Waals surface area contributed by atoms with Crippen LogP contribution in [0.3, 0.4) is 0 Å². The number of para-hydroxylation sites is 1. The largest absolute Gasteiger partial charge is 0.337 e. The van der Waals surface area contributed by atoms with E-state index in [2.05, 4.69) is 5.32 Å². The number of thiophene rings is 1. The third-order valence-corrected chi connectivity index (χ3v) is 9.92. The van der Waals surface area contributed by atoms with E-state index in [0.29, 0.717) is 30.1 Å². The summed E-state index contributed by atoms with van der Waals surface area (Å²) in [6, 6.07) is 16.9. The van der Waals surface area contributed by atoms with Gasteiger partial charge in [-0.2, -0.15) is 0 Å². The predicted octanol–water partition coefficient (Wildman–Crippen LogP) is 4.87. The van der Waals surface area contributed by atoms with Crippen LogP contribution in [0.25, 0.3) is 20.8 Å². The van der Waals surface area contributed by atoms with E-state index in [4.69, 9.17) is 4.98 Å². The van der Waals surface area contributed by atoms with Gasteiger partial charge in [-0.1, -0.05) is 42.5 Å². The summed E-state index contributed by atoms with van der Waals surface area (Å²) in [5, 5.41) is 4.45. The summed E-state index contributed by atoms with van der Waals surface area (Å²) in [6.45, 7) is 2.67. The Morgan fingerprint density at radius 1 is 1.06 bits per heavy atom. The number of hydrogen-bond donors (Lipinski definition) is 1. The van der Waals surface area contributed by atoms with Gasteiger partial charge in [-0.05, 0) is 29.7 Å². The highest BCUT2D eigenvalue weighted by Crippen LogP contribution is 2.45. The minimum Gasteiger partial charge on any atom is -0.337 e. The van der Waals surface area contributed by atoms with E-state index in [1.54, 1.807) is 47.4 Å². The molecule has 0 unspecified atom stereocenters. The maximum Gasteiger partial charge on any atom is 0.226 e. The minimum absolute atomic E-state index is 0.0183. The first-order chi connectivity index (χ1) is 17.3. The fourth-order valence-electron chi connectivity index (χ4n) is 4.30. The van der Waals surface area contributed by atoms with Crippen LogP contribution in [0.2, 0.25) is 0 Å². The monoisotopic (exact) mass is 539 g/mol. The molecule has 4 aromatic rings. The van der Waals surface area contributed by atoms with Gasteiger partial charge in [0.1, 0.15) is 10.0 Å². The van der Waals surface area contributed by atoms with Crippen LogP contribution in [-0.2, 0) is 38.1 Å². The number of nitrogens with zero attached hydrogens (tertiary/aromatic N) is 2. The number of anilines is 1. The molecular weight excluding hydrogens is 515 g/mol. The highest BCUT2D eigenvalue weighted by atomic mass is 32.2. The zero-order chi connectivity index (χ0) is 25.3. The van der Waals surface area contributed by atoms with Gasteiger partial charge in [-0.15, -0.1) is 22.7 Å². The van der Waals surface area contributed by atoms with Crippen molar-refractivity contribution in [1.82, 2.24) is 9.88 Å². The average Bonchev–Trinajstić information content (AvgIpc) is 3.43. The fraction of sp³-hybridized carbons (Fsp3) is 0.269. The molecule has 5 rings (SSSR count). The molecule has 0 aliphatic carbocycles. The van der Waals surface area contributed by atoms with Crippen LogP contribution in [-0.4, -0.2) is 42.4 Å². The van der Waals surface area contributed by atoms with Crippen molar-refractivity contribution in [2.75, 3.05) is 17.6 Å². The smallest absolute Gasteiger partial charge is 0.226 e. The molecule has 2 aromatic carbocycles. The maximum absolute atomic E-state index is 12.9. The summed E-state index contributed by atoms with van der Waals surface area (Å²) >= 11 is 3.01. The van der Waals surface area contributed by atoms with Gasteiger partial charge >= 0.3 is 0 Å². The topological polar surface area (TPSA) is 96.4 Å². The van der Waals surface area contributed by atoms with Crippen LogP contribution in [0.5, 0.6) is 0 Å². The maximum atomic E-state index is 12.9. The number of sulfone groups is 1. The van der Waals surface area contributed by atoms with E-state index < -0.39 is 9.84 Å². The number of carbonyl (C=O) groups is 2. The first-order valence-corrected chi connectivity index (χ1v) is 15.0. The van der Waals surface area contributed by atoms with Gasteiger partial charge < -0.3 is 10.2 Å². The molecule has 1 aliphatic heterocycles.